The van der Waals surface area contributed by atoms with Crippen LogP contribution in [0.1, 0.15) is 22.2 Å². The molecular weight excluding hydrogens is 188 g/mol. The Labute approximate surface area is 81.2 Å². The Hall–Kier alpha value is -0.280. The lowest BCUT2D eigenvalue weighted by Crippen LogP contribution is -2.02. The molecule has 0 saturated heterocycles. The summed E-state index contributed by atoms with van der Waals surface area (Å²) in [6.45, 7) is 4.06. The van der Waals surface area contributed by atoms with Gasteiger partial charge in [0.05, 0.1) is 5.75 Å². The molecule has 1 rings (SSSR count). The van der Waals surface area contributed by atoms with Crippen molar-refractivity contribution in [2.45, 2.75) is 13.8 Å². The number of hydrogen-bond acceptors (Lipinski definition) is 3. The predicted molar refractivity (Wildman–Crippen MR) is 56.4 cm³/mol. The number of hydrogen-bond donors (Lipinski definition) is 0. The van der Waals surface area contributed by atoms with Gasteiger partial charge in [0.25, 0.3) is 0 Å². The van der Waals surface area contributed by atoms with Gasteiger partial charge in [-0.3, -0.25) is 4.79 Å². The fourth-order valence-electron chi connectivity index (χ4n) is 0.947. The van der Waals surface area contributed by atoms with Crippen LogP contribution in [-0.4, -0.2) is 17.3 Å². The second-order valence-corrected chi connectivity index (χ2v) is 4.85. The van der Waals surface area contributed by atoms with E-state index < -0.39 is 0 Å². The standard InChI is InChI=1S/C9H12OS2/c1-3-11-6-9(10)8-4-5-12-7(8)2/h4-5H,3,6H2,1-2H3. The molecule has 1 nitrogen and oxygen atoms in total. The molecule has 0 amide bonds. The van der Waals surface area contributed by atoms with Crippen LogP contribution in [0.3, 0.4) is 0 Å². The van der Waals surface area contributed by atoms with Crippen molar-refractivity contribution < 1.29 is 4.79 Å². The van der Waals surface area contributed by atoms with E-state index in [0.29, 0.717) is 5.75 Å². The van der Waals surface area contributed by atoms with Gasteiger partial charge in [-0.1, -0.05) is 6.92 Å². The topological polar surface area (TPSA) is 17.1 Å². The Morgan fingerprint density at radius 3 is 2.92 bits per heavy atom. The molecule has 1 aromatic rings. The summed E-state index contributed by atoms with van der Waals surface area (Å²) in [5.41, 5.74) is 0.904. The maximum atomic E-state index is 11.5. The fourth-order valence-corrected chi connectivity index (χ4v) is 2.21. The maximum absolute atomic E-state index is 11.5. The molecule has 0 aliphatic heterocycles. The summed E-state index contributed by atoms with van der Waals surface area (Å²) >= 11 is 3.31. The Kier molecular flexibility index (Phi) is 3.82. The highest BCUT2D eigenvalue weighted by Crippen LogP contribution is 2.17. The molecule has 0 radical (unpaired) electrons. The van der Waals surface area contributed by atoms with Crippen molar-refractivity contribution in [3.8, 4) is 0 Å². The van der Waals surface area contributed by atoms with Crippen LogP contribution in [0, 0.1) is 6.92 Å². The number of carbonyl (C=O) groups is 1. The smallest absolute Gasteiger partial charge is 0.173 e. The maximum Gasteiger partial charge on any atom is 0.173 e. The van der Waals surface area contributed by atoms with Gasteiger partial charge >= 0.3 is 0 Å². The Balaban J connectivity index is 2.59. The third-order valence-corrected chi connectivity index (χ3v) is 3.32. The molecular formula is C9H12OS2. The molecule has 0 atom stereocenters. The molecule has 0 N–H and O–H groups in total. The molecule has 0 aliphatic rings. The van der Waals surface area contributed by atoms with Crippen molar-refractivity contribution in [2.24, 2.45) is 0 Å². The molecule has 0 spiro atoms. The van der Waals surface area contributed by atoms with Gasteiger partial charge in [0.1, 0.15) is 0 Å². The Morgan fingerprint density at radius 2 is 2.42 bits per heavy atom. The minimum atomic E-state index is 0.264. The summed E-state index contributed by atoms with van der Waals surface area (Å²) in [6, 6.07) is 1.92. The largest absolute Gasteiger partial charge is 0.293 e. The van der Waals surface area contributed by atoms with E-state index in [4.69, 9.17) is 0 Å². The summed E-state index contributed by atoms with van der Waals surface area (Å²) < 4.78 is 0. The van der Waals surface area contributed by atoms with Crippen LogP contribution in [0.25, 0.3) is 0 Å². The van der Waals surface area contributed by atoms with Crippen molar-refractivity contribution in [1.82, 2.24) is 0 Å². The number of aryl methyl sites for hydroxylation is 1. The van der Waals surface area contributed by atoms with Crippen LogP contribution in [0.5, 0.6) is 0 Å². The first-order valence-corrected chi connectivity index (χ1v) is 5.94. The molecule has 3 heteroatoms. The van der Waals surface area contributed by atoms with Gasteiger partial charge in [0.2, 0.25) is 0 Å². The zero-order chi connectivity index (χ0) is 8.97. The van der Waals surface area contributed by atoms with E-state index in [2.05, 4.69) is 6.92 Å². The van der Waals surface area contributed by atoms with Gasteiger partial charge < -0.3 is 0 Å². The molecule has 0 aromatic carbocycles. The number of ketones is 1. The van der Waals surface area contributed by atoms with E-state index in [-0.39, 0.29) is 5.78 Å². The molecule has 66 valence electrons. The fraction of sp³-hybridized carbons (Fsp3) is 0.444. The first-order chi connectivity index (χ1) is 5.75. The molecule has 0 aliphatic carbocycles. The van der Waals surface area contributed by atoms with Crippen LogP contribution in [0.2, 0.25) is 0 Å². The number of carbonyl (C=O) groups excluding carboxylic acids is 1. The van der Waals surface area contributed by atoms with Crippen LogP contribution in [-0.2, 0) is 0 Å². The third kappa shape index (κ3) is 2.35. The van der Waals surface area contributed by atoms with Crippen LogP contribution in [0.15, 0.2) is 11.4 Å². The van der Waals surface area contributed by atoms with E-state index in [1.165, 1.54) is 0 Å². The number of thioether (sulfide) groups is 1. The van der Waals surface area contributed by atoms with Gasteiger partial charge in [0, 0.05) is 10.4 Å². The average Bonchev–Trinajstić information content (AvgIpc) is 2.47. The minimum absolute atomic E-state index is 0.264. The van der Waals surface area contributed by atoms with Gasteiger partial charge in [-0.05, 0) is 24.1 Å². The first-order valence-electron chi connectivity index (χ1n) is 3.90. The van der Waals surface area contributed by atoms with Crippen LogP contribution >= 0.6 is 23.1 Å². The molecule has 1 aromatic heterocycles. The monoisotopic (exact) mass is 200 g/mol. The molecule has 1 heterocycles. The number of thiophene rings is 1. The van der Waals surface area contributed by atoms with Gasteiger partial charge in [0.15, 0.2) is 5.78 Å². The Bertz CT molecular complexity index is 265. The summed E-state index contributed by atoms with van der Waals surface area (Å²) in [7, 11) is 0. The van der Waals surface area contributed by atoms with Crippen molar-refractivity contribution in [3.05, 3.63) is 21.9 Å². The van der Waals surface area contributed by atoms with Gasteiger partial charge in [-0.25, -0.2) is 0 Å². The zero-order valence-electron chi connectivity index (χ0n) is 7.29. The van der Waals surface area contributed by atoms with Gasteiger partial charge in [-0.2, -0.15) is 11.8 Å². The van der Waals surface area contributed by atoms with Crippen LogP contribution < -0.4 is 0 Å². The van der Waals surface area contributed by atoms with Crippen molar-refractivity contribution in [2.75, 3.05) is 11.5 Å². The highest BCUT2D eigenvalue weighted by atomic mass is 32.2. The number of rotatable bonds is 4. The molecule has 0 saturated carbocycles. The van der Waals surface area contributed by atoms with Crippen LogP contribution in [0.4, 0.5) is 0 Å². The van der Waals surface area contributed by atoms with E-state index in [0.717, 1.165) is 16.2 Å². The second-order valence-electron chi connectivity index (χ2n) is 2.45. The normalized spacial score (nSPS) is 10.2. The number of Topliss-reactive ketones (excluding diaryl/α,β-unsaturated/α-hetero) is 1. The lowest BCUT2D eigenvalue weighted by Gasteiger charge is -1.97. The highest BCUT2D eigenvalue weighted by Gasteiger charge is 2.08. The second kappa shape index (κ2) is 4.67. The van der Waals surface area contributed by atoms with Crippen molar-refractivity contribution in [1.29, 1.82) is 0 Å². The SMILES string of the molecule is CCSCC(=O)c1ccsc1C. The predicted octanol–water partition coefficient (Wildman–Crippen LogP) is 2.99. The minimum Gasteiger partial charge on any atom is -0.293 e. The lowest BCUT2D eigenvalue weighted by molar-refractivity contribution is 0.102. The van der Waals surface area contributed by atoms with Crippen molar-refractivity contribution in [3.63, 3.8) is 0 Å². The molecule has 0 bridgehead atoms. The first kappa shape index (κ1) is 9.81. The lowest BCUT2D eigenvalue weighted by atomic mass is 10.2. The summed E-state index contributed by atoms with van der Waals surface area (Å²) in [5, 5.41) is 1.97. The summed E-state index contributed by atoms with van der Waals surface area (Å²) in [6.07, 6.45) is 0. The van der Waals surface area contributed by atoms with Crippen molar-refractivity contribution >= 4 is 28.9 Å². The Morgan fingerprint density at radius 1 is 1.67 bits per heavy atom. The van der Waals surface area contributed by atoms with E-state index in [1.807, 2.05) is 18.4 Å². The zero-order valence-corrected chi connectivity index (χ0v) is 8.93. The quantitative estimate of drug-likeness (QED) is 0.695. The summed E-state index contributed by atoms with van der Waals surface area (Å²) in [5.74, 6) is 1.89. The van der Waals surface area contributed by atoms with E-state index in [9.17, 15) is 4.79 Å². The molecule has 12 heavy (non-hydrogen) atoms. The molecule has 0 fully saturated rings. The van der Waals surface area contributed by atoms with E-state index >= 15 is 0 Å². The summed E-state index contributed by atoms with van der Waals surface area (Å²) in [4.78, 5) is 12.6. The molecule has 0 unspecified atom stereocenters. The van der Waals surface area contributed by atoms with Gasteiger partial charge in [-0.15, -0.1) is 11.3 Å². The highest BCUT2D eigenvalue weighted by molar-refractivity contribution is 7.99. The average molecular weight is 200 g/mol. The third-order valence-electron chi connectivity index (χ3n) is 1.60. The van der Waals surface area contributed by atoms with E-state index in [1.54, 1.807) is 23.1 Å².